The molecule has 0 heterocycles. The predicted octanol–water partition coefficient (Wildman–Crippen LogP) is 3.47. The number of nitrogens with one attached hydrogen (secondary N) is 1. The molecule has 0 spiro atoms. The second kappa shape index (κ2) is 6.75. The Hall–Kier alpha value is -2.55. The Morgan fingerprint density at radius 1 is 1.19 bits per heavy atom. The number of carbonyl (C=O) groups is 1. The van der Waals surface area contributed by atoms with E-state index >= 15 is 0 Å². The van der Waals surface area contributed by atoms with Crippen LogP contribution in [-0.2, 0) is 4.79 Å². The van der Waals surface area contributed by atoms with Gasteiger partial charge < -0.3 is 11.1 Å². The molecule has 0 fully saturated rings. The number of carbonyl (C=O) groups excluding carboxylic acids is 1. The van der Waals surface area contributed by atoms with Crippen LogP contribution < -0.4 is 11.1 Å². The van der Waals surface area contributed by atoms with E-state index < -0.39 is 0 Å². The van der Waals surface area contributed by atoms with Crippen LogP contribution in [0.1, 0.15) is 29.7 Å². The van der Waals surface area contributed by atoms with Crippen molar-refractivity contribution in [3.05, 3.63) is 71.3 Å². The molecule has 21 heavy (non-hydrogen) atoms. The second-order valence-electron chi connectivity index (χ2n) is 5.09. The summed E-state index contributed by atoms with van der Waals surface area (Å²) in [6.07, 6.45) is 3.29. The lowest BCUT2D eigenvalue weighted by atomic mass is 10.0. The normalized spacial score (nSPS) is 12.3. The molecule has 1 atom stereocenters. The Labute approximate surface area is 125 Å². The van der Waals surface area contributed by atoms with Gasteiger partial charge in [0.25, 0.3) is 0 Å². The first-order valence-corrected chi connectivity index (χ1v) is 6.96. The van der Waals surface area contributed by atoms with Crippen LogP contribution in [0.4, 0.5) is 5.69 Å². The minimum absolute atomic E-state index is 0.0239. The third-order valence-corrected chi connectivity index (χ3v) is 3.35. The zero-order valence-electron chi connectivity index (χ0n) is 12.3. The topological polar surface area (TPSA) is 55.1 Å². The van der Waals surface area contributed by atoms with Gasteiger partial charge in [-0.15, -0.1) is 0 Å². The second-order valence-corrected chi connectivity index (χ2v) is 5.09. The number of hydrogen-bond acceptors (Lipinski definition) is 2. The van der Waals surface area contributed by atoms with Crippen molar-refractivity contribution < 1.29 is 4.79 Å². The average molecular weight is 280 g/mol. The fourth-order valence-electron chi connectivity index (χ4n) is 2.25. The number of amides is 1. The summed E-state index contributed by atoms with van der Waals surface area (Å²) in [6.45, 7) is 4.02. The maximum absolute atomic E-state index is 12.0. The van der Waals surface area contributed by atoms with Crippen LogP contribution in [0.5, 0.6) is 0 Å². The monoisotopic (exact) mass is 280 g/mol. The van der Waals surface area contributed by atoms with Crippen LogP contribution in [-0.4, -0.2) is 5.91 Å². The van der Waals surface area contributed by atoms with Crippen LogP contribution >= 0.6 is 0 Å². The molecule has 3 nitrogen and oxygen atoms in total. The number of anilines is 1. The summed E-state index contributed by atoms with van der Waals surface area (Å²) in [4.78, 5) is 12.0. The van der Waals surface area contributed by atoms with E-state index in [1.54, 1.807) is 6.08 Å². The van der Waals surface area contributed by atoms with E-state index in [9.17, 15) is 4.79 Å². The number of benzene rings is 2. The highest BCUT2D eigenvalue weighted by molar-refractivity contribution is 5.92. The largest absolute Gasteiger partial charge is 0.399 e. The first-order valence-electron chi connectivity index (χ1n) is 6.96. The van der Waals surface area contributed by atoms with Crippen molar-refractivity contribution in [3.63, 3.8) is 0 Å². The Bertz CT molecular complexity index is 662. The molecule has 1 unspecified atom stereocenters. The van der Waals surface area contributed by atoms with Crippen LogP contribution in [0.2, 0.25) is 0 Å². The van der Waals surface area contributed by atoms with E-state index in [1.165, 1.54) is 11.6 Å². The van der Waals surface area contributed by atoms with E-state index in [1.807, 2.05) is 62.4 Å². The third-order valence-electron chi connectivity index (χ3n) is 3.35. The van der Waals surface area contributed by atoms with Crippen molar-refractivity contribution in [1.29, 1.82) is 0 Å². The van der Waals surface area contributed by atoms with E-state index in [0.29, 0.717) is 5.69 Å². The van der Waals surface area contributed by atoms with Gasteiger partial charge >= 0.3 is 0 Å². The summed E-state index contributed by atoms with van der Waals surface area (Å²) < 4.78 is 0. The van der Waals surface area contributed by atoms with Crippen molar-refractivity contribution in [2.45, 2.75) is 19.9 Å². The summed E-state index contributed by atoms with van der Waals surface area (Å²) >= 11 is 0. The molecule has 0 aromatic heterocycles. The maximum atomic E-state index is 12.0. The highest BCUT2D eigenvalue weighted by atomic mass is 16.1. The van der Waals surface area contributed by atoms with Crippen LogP contribution in [0, 0.1) is 6.92 Å². The highest BCUT2D eigenvalue weighted by Crippen LogP contribution is 2.16. The lowest BCUT2D eigenvalue weighted by Gasteiger charge is -2.15. The van der Waals surface area contributed by atoms with Crippen molar-refractivity contribution in [2.24, 2.45) is 0 Å². The van der Waals surface area contributed by atoms with E-state index in [-0.39, 0.29) is 11.9 Å². The van der Waals surface area contributed by atoms with E-state index in [4.69, 9.17) is 5.73 Å². The van der Waals surface area contributed by atoms with Crippen molar-refractivity contribution >= 4 is 17.7 Å². The van der Waals surface area contributed by atoms with Gasteiger partial charge in [0.2, 0.25) is 5.91 Å². The van der Waals surface area contributed by atoms with Gasteiger partial charge in [0.1, 0.15) is 0 Å². The van der Waals surface area contributed by atoms with E-state index in [2.05, 4.69) is 5.32 Å². The minimum atomic E-state index is -0.117. The molecule has 0 bridgehead atoms. The Balaban J connectivity index is 2.00. The molecular formula is C18H20N2O. The predicted molar refractivity (Wildman–Crippen MR) is 87.6 cm³/mol. The van der Waals surface area contributed by atoms with Gasteiger partial charge in [0.05, 0.1) is 6.04 Å². The first-order chi connectivity index (χ1) is 10.1. The van der Waals surface area contributed by atoms with E-state index in [0.717, 1.165) is 11.1 Å². The highest BCUT2D eigenvalue weighted by Gasteiger charge is 2.09. The molecule has 2 rings (SSSR count). The smallest absolute Gasteiger partial charge is 0.244 e. The van der Waals surface area contributed by atoms with Crippen LogP contribution in [0.25, 0.3) is 6.08 Å². The number of aryl methyl sites for hydroxylation is 1. The Morgan fingerprint density at radius 2 is 1.95 bits per heavy atom. The van der Waals surface area contributed by atoms with Gasteiger partial charge in [-0.05, 0) is 48.7 Å². The molecule has 0 aliphatic heterocycles. The molecule has 0 saturated heterocycles. The molecule has 1 amide bonds. The third kappa shape index (κ3) is 4.21. The molecule has 108 valence electrons. The van der Waals surface area contributed by atoms with Gasteiger partial charge in [0.15, 0.2) is 0 Å². The van der Waals surface area contributed by atoms with Crippen LogP contribution in [0.3, 0.4) is 0 Å². The molecule has 0 saturated carbocycles. The summed E-state index contributed by atoms with van der Waals surface area (Å²) in [5, 5.41) is 2.96. The number of hydrogen-bond donors (Lipinski definition) is 2. The van der Waals surface area contributed by atoms with Crippen molar-refractivity contribution in [3.8, 4) is 0 Å². The quantitative estimate of drug-likeness (QED) is 0.665. The molecule has 2 aromatic rings. The number of rotatable bonds is 4. The summed E-state index contributed by atoms with van der Waals surface area (Å²) in [7, 11) is 0. The van der Waals surface area contributed by atoms with Crippen molar-refractivity contribution in [2.75, 3.05) is 5.73 Å². The summed E-state index contributed by atoms with van der Waals surface area (Å²) in [6, 6.07) is 15.4. The standard InChI is InChI=1S/C18H20N2O/c1-13-6-3-4-9-17(13)14(2)20-18(21)11-10-15-7-5-8-16(19)12-15/h3-12,14H,19H2,1-2H3,(H,20,21)/b11-10+. The Kier molecular flexibility index (Phi) is 4.77. The van der Waals surface area contributed by atoms with Gasteiger partial charge in [-0.3, -0.25) is 4.79 Å². The summed E-state index contributed by atoms with van der Waals surface area (Å²) in [5.41, 5.74) is 9.60. The number of nitrogen functional groups attached to an aromatic ring is 1. The lowest BCUT2D eigenvalue weighted by molar-refractivity contribution is -0.117. The molecule has 3 N–H and O–H groups in total. The van der Waals surface area contributed by atoms with Gasteiger partial charge in [-0.1, -0.05) is 36.4 Å². The van der Waals surface area contributed by atoms with Gasteiger partial charge in [0, 0.05) is 11.8 Å². The van der Waals surface area contributed by atoms with Gasteiger partial charge in [-0.25, -0.2) is 0 Å². The SMILES string of the molecule is Cc1ccccc1C(C)NC(=O)/C=C/c1cccc(N)c1. The molecule has 0 aliphatic rings. The zero-order valence-corrected chi connectivity index (χ0v) is 12.3. The maximum Gasteiger partial charge on any atom is 0.244 e. The Morgan fingerprint density at radius 3 is 2.67 bits per heavy atom. The fourth-order valence-corrected chi connectivity index (χ4v) is 2.25. The lowest BCUT2D eigenvalue weighted by Crippen LogP contribution is -2.25. The summed E-state index contributed by atoms with van der Waals surface area (Å²) in [5.74, 6) is -0.117. The minimum Gasteiger partial charge on any atom is -0.399 e. The number of nitrogens with two attached hydrogens (primary N) is 1. The van der Waals surface area contributed by atoms with Crippen LogP contribution in [0.15, 0.2) is 54.6 Å². The molecule has 2 aromatic carbocycles. The molecular weight excluding hydrogens is 260 g/mol. The molecule has 0 aliphatic carbocycles. The van der Waals surface area contributed by atoms with Gasteiger partial charge in [-0.2, -0.15) is 0 Å². The molecule has 0 radical (unpaired) electrons. The average Bonchev–Trinajstić information content (AvgIpc) is 2.45. The molecule has 3 heteroatoms. The first kappa shape index (κ1) is 14.9. The zero-order chi connectivity index (χ0) is 15.2. The van der Waals surface area contributed by atoms with Crippen molar-refractivity contribution in [1.82, 2.24) is 5.32 Å². The fraction of sp³-hybridized carbons (Fsp3) is 0.167.